The summed E-state index contributed by atoms with van der Waals surface area (Å²) in [6, 6.07) is 0. The van der Waals surface area contributed by atoms with Crippen LogP contribution in [0, 0.1) is 17.3 Å². The fourth-order valence-corrected chi connectivity index (χ4v) is 2.25. The van der Waals surface area contributed by atoms with Gasteiger partial charge in [-0.3, -0.25) is 9.59 Å². The molecule has 0 aromatic heterocycles. The van der Waals surface area contributed by atoms with E-state index in [-0.39, 0.29) is 12.5 Å². The number of nitrogens with one attached hydrogen (secondary N) is 1. The van der Waals surface area contributed by atoms with E-state index in [0.29, 0.717) is 26.2 Å². The number of carboxylic acids is 1. The van der Waals surface area contributed by atoms with Gasteiger partial charge in [-0.2, -0.15) is 0 Å². The van der Waals surface area contributed by atoms with Crippen LogP contribution in [0.25, 0.3) is 0 Å². The summed E-state index contributed by atoms with van der Waals surface area (Å²) >= 11 is 0. The van der Waals surface area contributed by atoms with Crippen LogP contribution in [0.5, 0.6) is 0 Å². The van der Waals surface area contributed by atoms with Crippen LogP contribution >= 0.6 is 0 Å². The van der Waals surface area contributed by atoms with Crippen molar-refractivity contribution in [3.8, 4) is 0 Å². The average Bonchev–Trinajstić information content (AvgIpc) is 2.86. The zero-order chi connectivity index (χ0) is 13.8. The third-order valence-electron chi connectivity index (χ3n) is 3.38. The van der Waals surface area contributed by atoms with Crippen molar-refractivity contribution in [2.24, 2.45) is 17.3 Å². The Balaban J connectivity index is 2.21. The van der Waals surface area contributed by atoms with Gasteiger partial charge in [-0.15, -0.1) is 0 Å². The summed E-state index contributed by atoms with van der Waals surface area (Å²) in [5.41, 5.74) is -0.455. The van der Waals surface area contributed by atoms with Crippen LogP contribution in [0.15, 0.2) is 0 Å². The molecule has 1 aliphatic carbocycles. The van der Waals surface area contributed by atoms with Crippen LogP contribution in [0.2, 0.25) is 0 Å². The molecule has 0 saturated heterocycles. The van der Waals surface area contributed by atoms with Crippen molar-refractivity contribution in [2.45, 2.75) is 20.3 Å². The molecule has 0 spiro atoms. The second-order valence-corrected chi connectivity index (χ2v) is 5.10. The molecular weight excluding hydrogens is 238 g/mol. The molecule has 0 aliphatic heterocycles. The molecule has 1 fully saturated rings. The van der Waals surface area contributed by atoms with Crippen molar-refractivity contribution in [3.05, 3.63) is 0 Å². The van der Waals surface area contributed by atoms with E-state index in [1.54, 1.807) is 13.8 Å². The summed E-state index contributed by atoms with van der Waals surface area (Å²) in [5.74, 6) is -2.13. The van der Waals surface area contributed by atoms with Crippen LogP contribution in [-0.2, 0) is 14.3 Å². The highest BCUT2D eigenvalue weighted by molar-refractivity contribution is 5.91. The number of aliphatic hydroxyl groups excluding tert-OH is 1. The number of ether oxygens (including phenoxy) is 1. The molecule has 1 amide bonds. The third kappa shape index (κ3) is 3.43. The van der Waals surface area contributed by atoms with Gasteiger partial charge in [0.05, 0.1) is 25.0 Å². The molecule has 0 bridgehead atoms. The maximum atomic E-state index is 11.8. The number of carbonyl (C=O) groups excluding carboxylic acids is 1. The first-order valence-corrected chi connectivity index (χ1v) is 6.12. The third-order valence-corrected chi connectivity index (χ3v) is 3.38. The Labute approximate surface area is 106 Å². The lowest BCUT2D eigenvalue weighted by Gasteiger charge is -2.06. The summed E-state index contributed by atoms with van der Waals surface area (Å²) in [5, 5.41) is 20.2. The van der Waals surface area contributed by atoms with Crippen molar-refractivity contribution in [2.75, 3.05) is 26.4 Å². The van der Waals surface area contributed by atoms with Crippen LogP contribution < -0.4 is 5.32 Å². The Morgan fingerprint density at radius 1 is 1.28 bits per heavy atom. The van der Waals surface area contributed by atoms with E-state index in [1.165, 1.54) is 0 Å². The maximum Gasteiger partial charge on any atom is 0.307 e. The second kappa shape index (κ2) is 6.15. The predicted molar refractivity (Wildman–Crippen MR) is 63.9 cm³/mol. The van der Waals surface area contributed by atoms with Crippen LogP contribution in [0.1, 0.15) is 20.3 Å². The SMILES string of the molecule is CC1(C)C(C(=O)O)C1C(=O)NCCCOCCO. The van der Waals surface area contributed by atoms with Gasteiger partial charge in [-0.1, -0.05) is 13.8 Å². The number of carboxylic acid groups (broad SMARTS) is 1. The molecule has 0 radical (unpaired) electrons. The summed E-state index contributed by atoms with van der Waals surface area (Å²) in [7, 11) is 0. The van der Waals surface area contributed by atoms with E-state index in [0.717, 1.165) is 0 Å². The predicted octanol–water partition coefficient (Wildman–Crippen LogP) is -0.142. The molecule has 6 heteroatoms. The van der Waals surface area contributed by atoms with Gasteiger partial charge in [0.1, 0.15) is 0 Å². The van der Waals surface area contributed by atoms with Crippen molar-refractivity contribution in [1.29, 1.82) is 0 Å². The van der Waals surface area contributed by atoms with Gasteiger partial charge < -0.3 is 20.3 Å². The molecule has 2 unspecified atom stereocenters. The number of carbonyl (C=O) groups is 2. The number of aliphatic hydroxyl groups is 1. The normalized spacial score (nSPS) is 24.6. The fraction of sp³-hybridized carbons (Fsp3) is 0.833. The molecule has 0 heterocycles. The summed E-state index contributed by atoms with van der Waals surface area (Å²) < 4.78 is 5.05. The quantitative estimate of drug-likeness (QED) is 0.527. The lowest BCUT2D eigenvalue weighted by molar-refractivity contribution is -0.140. The van der Waals surface area contributed by atoms with Gasteiger partial charge in [0.2, 0.25) is 5.91 Å². The number of hydrogen-bond donors (Lipinski definition) is 3. The number of amides is 1. The highest BCUT2D eigenvalue weighted by Crippen LogP contribution is 2.58. The largest absolute Gasteiger partial charge is 0.481 e. The molecule has 104 valence electrons. The molecule has 18 heavy (non-hydrogen) atoms. The Hall–Kier alpha value is -1.14. The number of rotatable bonds is 8. The van der Waals surface area contributed by atoms with E-state index in [1.807, 2.05) is 0 Å². The minimum absolute atomic E-state index is 0.0110. The Kier molecular flexibility index (Phi) is 5.10. The summed E-state index contributed by atoms with van der Waals surface area (Å²) in [6.45, 7) is 4.80. The zero-order valence-electron chi connectivity index (χ0n) is 10.8. The molecular formula is C12H21NO5. The van der Waals surface area contributed by atoms with Crippen molar-refractivity contribution < 1.29 is 24.5 Å². The second-order valence-electron chi connectivity index (χ2n) is 5.10. The topological polar surface area (TPSA) is 95.9 Å². The lowest BCUT2D eigenvalue weighted by atomic mass is 10.1. The zero-order valence-corrected chi connectivity index (χ0v) is 10.8. The summed E-state index contributed by atoms with van der Waals surface area (Å²) in [6.07, 6.45) is 0.649. The van der Waals surface area contributed by atoms with Gasteiger partial charge in [0, 0.05) is 13.2 Å². The van der Waals surface area contributed by atoms with Crippen molar-refractivity contribution in [3.63, 3.8) is 0 Å². The first-order chi connectivity index (χ1) is 8.42. The Morgan fingerprint density at radius 3 is 2.44 bits per heavy atom. The van der Waals surface area contributed by atoms with E-state index >= 15 is 0 Å². The smallest absolute Gasteiger partial charge is 0.307 e. The molecule has 1 saturated carbocycles. The van der Waals surface area contributed by atoms with E-state index in [9.17, 15) is 9.59 Å². The molecule has 6 nitrogen and oxygen atoms in total. The van der Waals surface area contributed by atoms with E-state index in [2.05, 4.69) is 5.32 Å². The highest BCUT2D eigenvalue weighted by Gasteiger charge is 2.65. The van der Waals surface area contributed by atoms with Gasteiger partial charge in [0.15, 0.2) is 0 Å². The maximum absolute atomic E-state index is 11.8. The summed E-state index contributed by atoms with van der Waals surface area (Å²) in [4.78, 5) is 22.7. The molecule has 0 aromatic carbocycles. The first kappa shape index (κ1) is 14.9. The van der Waals surface area contributed by atoms with E-state index in [4.69, 9.17) is 14.9 Å². The van der Waals surface area contributed by atoms with Crippen LogP contribution in [-0.4, -0.2) is 48.5 Å². The molecule has 3 N–H and O–H groups in total. The standard InChI is InChI=1S/C12H21NO5/c1-12(2)8(9(12)11(16)17)10(15)13-4-3-6-18-7-5-14/h8-9,14H,3-7H2,1-2H3,(H,13,15)(H,16,17). The lowest BCUT2D eigenvalue weighted by Crippen LogP contribution is -2.28. The van der Waals surface area contributed by atoms with Crippen molar-refractivity contribution in [1.82, 2.24) is 5.32 Å². The highest BCUT2D eigenvalue weighted by atomic mass is 16.5. The number of hydrogen-bond acceptors (Lipinski definition) is 4. The van der Waals surface area contributed by atoms with Gasteiger partial charge in [-0.25, -0.2) is 0 Å². The minimum atomic E-state index is -0.911. The van der Waals surface area contributed by atoms with Crippen LogP contribution in [0.4, 0.5) is 0 Å². The Bertz CT molecular complexity index is 316. The van der Waals surface area contributed by atoms with Gasteiger partial charge >= 0.3 is 5.97 Å². The van der Waals surface area contributed by atoms with Crippen molar-refractivity contribution >= 4 is 11.9 Å². The van der Waals surface area contributed by atoms with Gasteiger partial charge in [0.25, 0.3) is 0 Å². The fourth-order valence-electron chi connectivity index (χ4n) is 2.25. The molecule has 0 aromatic rings. The minimum Gasteiger partial charge on any atom is -0.481 e. The first-order valence-electron chi connectivity index (χ1n) is 6.12. The monoisotopic (exact) mass is 259 g/mol. The van der Waals surface area contributed by atoms with E-state index < -0.39 is 23.2 Å². The molecule has 2 atom stereocenters. The Morgan fingerprint density at radius 2 is 1.94 bits per heavy atom. The molecule has 1 aliphatic rings. The molecule has 1 rings (SSSR count). The van der Waals surface area contributed by atoms with Gasteiger partial charge in [-0.05, 0) is 11.8 Å². The average molecular weight is 259 g/mol. The van der Waals surface area contributed by atoms with Crippen LogP contribution in [0.3, 0.4) is 0 Å². The number of aliphatic carboxylic acids is 1.